The van der Waals surface area contributed by atoms with Crippen molar-refractivity contribution in [2.24, 2.45) is 21.9 Å². The van der Waals surface area contributed by atoms with Gasteiger partial charge in [0.1, 0.15) is 12.8 Å². The van der Waals surface area contributed by atoms with Gasteiger partial charge in [-0.1, -0.05) is 25.9 Å². The van der Waals surface area contributed by atoms with Gasteiger partial charge in [0.25, 0.3) is 0 Å². The SMILES string of the molecule is CC(C)C(=O)OC[C@]1(N=[N+]=[N-])C[C@H](C)C(n2ccc(/N=C/N(C)C)nc2=O)O1. The van der Waals surface area contributed by atoms with Crippen LogP contribution in [-0.4, -0.2) is 53.2 Å². The molecular formula is C17H25N7O4. The summed E-state index contributed by atoms with van der Waals surface area (Å²) in [4.78, 5) is 36.8. The molecule has 0 spiro atoms. The first kappa shape index (κ1) is 21.4. The second kappa shape index (κ2) is 8.85. The van der Waals surface area contributed by atoms with Gasteiger partial charge in [-0.15, -0.1) is 0 Å². The highest BCUT2D eigenvalue weighted by atomic mass is 16.6. The second-order valence-electron chi connectivity index (χ2n) is 7.27. The molecule has 0 N–H and O–H groups in total. The Morgan fingerprint density at radius 3 is 2.89 bits per heavy atom. The quantitative estimate of drug-likeness (QED) is 0.175. The fourth-order valence-electron chi connectivity index (χ4n) is 2.79. The molecule has 1 aliphatic rings. The molecule has 1 unspecified atom stereocenters. The van der Waals surface area contributed by atoms with Crippen LogP contribution in [0.2, 0.25) is 0 Å². The van der Waals surface area contributed by atoms with Crippen molar-refractivity contribution in [2.75, 3.05) is 20.7 Å². The first-order chi connectivity index (χ1) is 13.2. The van der Waals surface area contributed by atoms with Crippen LogP contribution >= 0.6 is 0 Å². The molecule has 0 amide bonds. The van der Waals surface area contributed by atoms with Crippen molar-refractivity contribution in [3.63, 3.8) is 0 Å². The van der Waals surface area contributed by atoms with Gasteiger partial charge in [0.2, 0.25) is 0 Å². The summed E-state index contributed by atoms with van der Waals surface area (Å²) >= 11 is 0. The topological polar surface area (TPSA) is 135 Å². The Labute approximate surface area is 162 Å². The predicted molar refractivity (Wildman–Crippen MR) is 102 cm³/mol. The zero-order valence-corrected chi connectivity index (χ0v) is 16.6. The third kappa shape index (κ3) is 5.08. The number of esters is 1. The van der Waals surface area contributed by atoms with Crippen LogP contribution in [0.5, 0.6) is 0 Å². The summed E-state index contributed by atoms with van der Waals surface area (Å²) in [5.41, 5.74) is 7.03. The summed E-state index contributed by atoms with van der Waals surface area (Å²) in [6, 6.07) is 1.59. The highest BCUT2D eigenvalue weighted by Gasteiger charge is 2.46. The minimum absolute atomic E-state index is 0.182. The van der Waals surface area contributed by atoms with E-state index in [0.29, 0.717) is 6.42 Å². The van der Waals surface area contributed by atoms with Gasteiger partial charge in [-0.3, -0.25) is 9.36 Å². The van der Waals surface area contributed by atoms with Crippen molar-refractivity contribution < 1.29 is 14.3 Å². The second-order valence-corrected chi connectivity index (χ2v) is 7.27. The number of hydrogen-bond donors (Lipinski definition) is 0. The van der Waals surface area contributed by atoms with Gasteiger partial charge >= 0.3 is 11.7 Å². The zero-order valence-electron chi connectivity index (χ0n) is 16.6. The molecule has 2 heterocycles. The van der Waals surface area contributed by atoms with Crippen LogP contribution < -0.4 is 5.69 Å². The smallest absolute Gasteiger partial charge is 0.351 e. The van der Waals surface area contributed by atoms with E-state index in [-0.39, 0.29) is 24.3 Å². The molecule has 1 aromatic rings. The van der Waals surface area contributed by atoms with Crippen LogP contribution in [-0.2, 0) is 14.3 Å². The van der Waals surface area contributed by atoms with Gasteiger partial charge in [-0.2, -0.15) is 4.98 Å². The molecule has 1 saturated heterocycles. The summed E-state index contributed by atoms with van der Waals surface area (Å²) in [6.45, 7) is 5.04. The van der Waals surface area contributed by atoms with Crippen LogP contribution in [0, 0.1) is 11.8 Å². The fourth-order valence-corrected chi connectivity index (χ4v) is 2.79. The molecule has 1 aliphatic heterocycles. The molecule has 1 fully saturated rings. The maximum absolute atomic E-state index is 12.4. The summed E-state index contributed by atoms with van der Waals surface area (Å²) < 4.78 is 12.5. The number of carbonyl (C=O) groups is 1. The summed E-state index contributed by atoms with van der Waals surface area (Å²) in [5, 5.41) is 3.72. The highest BCUT2D eigenvalue weighted by molar-refractivity contribution is 5.71. The van der Waals surface area contributed by atoms with E-state index in [1.54, 1.807) is 38.9 Å². The average Bonchev–Trinajstić information content (AvgIpc) is 2.94. The molecule has 28 heavy (non-hydrogen) atoms. The number of aliphatic imine (C=N–C) groups is 1. The molecule has 0 bridgehead atoms. The molecule has 0 aliphatic carbocycles. The van der Waals surface area contributed by atoms with Crippen molar-refractivity contribution >= 4 is 18.1 Å². The molecule has 0 saturated carbocycles. The minimum Gasteiger partial charge on any atom is -0.462 e. The first-order valence-electron chi connectivity index (χ1n) is 8.88. The number of hydrogen-bond acceptors (Lipinski definition) is 7. The first-order valence-corrected chi connectivity index (χ1v) is 8.88. The standard InChI is InChI=1S/C17H25N7O4/c1-11(2)15(25)27-9-17(21-22-18)8-12(3)14(28-17)24-7-6-13(20-16(24)26)19-10-23(4)5/h6-7,10-12,14H,8-9H2,1-5H3/b19-10+/t12-,14?,17-/m0/s1. The number of rotatable bonds is 7. The Balaban J connectivity index is 2.24. The number of carbonyl (C=O) groups excluding carboxylic acids is 1. The molecule has 2 rings (SSSR count). The van der Waals surface area contributed by atoms with E-state index in [1.807, 2.05) is 6.92 Å². The lowest BCUT2D eigenvalue weighted by Crippen LogP contribution is -2.35. The van der Waals surface area contributed by atoms with Gasteiger partial charge < -0.3 is 14.4 Å². The molecule has 152 valence electrons. The molecule has 0 radical (unpaired) electrons. The predicted octanol–water partition coefficient (Wildman–Crippen LogP) is 2.23. The Bertz CT molecular complexity index is 844. The van der Waals surface area contributed by atoms with Gasteiger partial charge in [0.15, 0.2) is 11.5 Å². The average molecular weight is 391 g/mol. The number of ether oxygens (including phenoxy) is 2. The van der Waals surface area contributed by atoms with E-state index in [1.165, 1.54) is 17.1 Å². The van der Waals surface area contributed by atoms with Gasteiger partial charge in [0.05, 0.1) is 12.3 Å². The monoisotopic (exact) mass is 391 g/mol. The maximum Gasteiger partial charge on any atom is 0.351 e. The van der Waals surface area contributed by atoms with E-state index in [9.17, 15) is 9.59 Å². The molecule has 0 aromatic carbocycles. The number of nitrogens with zero attached hydrogens (tertiary/aromatic N) is 7. The van der Waals surface area contributed by atoms with Gasteiger partial charge in [-0.05, 0) is 18.0 Å². The fraction of sp³-hybridized carbons (Fsp3) is 0.647. The Kier molecular flexibility index (Phi) is 6.76. The van der Waals surface area contributed by atoms with E-state index >= 15 is 0 Å². The van der Waals surface area contributed by atoms with Crippen molar-refractivity contribution in [1.82, 2.24) is 14.5 Å². The lowest BCUT2D eigenvalue weighted by Gasteiger charge is -2.24. The molecule has 3 atom stereocenters. The van der Waals surface area contributed by atoms with Crippen LogP contribution in [0.25, 0.3) is 10.4 Å². The van der Waals surface area contributed by atoms with E-state index in [4.69, 9.17) is 15.0 Å². The van der Waals surface area contributed by atoms with Gasteiger partial charge in [-0.25, -0.2) is 9.79 Å². The normalized spacial score (nSPS) is 24.4. The molecular weight excluding hydrogens is 366 g/mol. The number of aromatic nitrogens is 2. The zero-order chi connectivity index (χ0) is 20.9. The molecule has 11 nitrogen and oxygen atoms in total. The number of azide groups is 1. The van der Waals surface area contributed by atoms with Crippen molar-refractivity contribution in [1.29, 1.82) is 0 Å². The molecule has 1 aromatic heterocycles. The van der Waals surface area contributed by atoms with E-state index in [2.05, 4.69) is 20.0 Å². The Morgan fingerprint density at radius 2 is 2.32 bits per heavy atom. The van der Waals surface area contributed by atoms with Crippen LogP contribution in [0.3, 0.4) is 0 Å². The largest absolute Gasteiger partial charge is 0.462 e. The lowest BCUT2D eigenvalue weighted by atomic mass is 10.0. The van der Waals surface area contributed by atoms with E-state index in [0.717, 1.165) is 0 Å². The lowest BCUT2D eigenvalue weighted by molar-refractivity contribution is -0.161. The van der Waals surface area contributed by atoms with Crippen molar-refractivity contribution in [3.8, 4) is 0 Å². The van der Waals surface area contributed by atoms with Crippen molar-refractivity contribution in [2.45, 2.75) is 39.1 Å². The summed E-state index contributed by atoms with van der Waals surface area (Å²) in [7, 11) is 3.61. The Hall–Kier alpha value is -2.91. The minimum atomic E-state index is -1.37. The summed E-state index contributed by atoms with van der Waals surface area (Å²) in [5.74, 6) is -0.652. The van der Waals surface area contributed by atoms with Crippen molar-refractivity contribution in [3.05, 3.63) is 33.2 Å². The summed E-state index contributed by atoms with van der Waals surface area (Å²) in [6.07, 6.45) is 2.65. The molecule has 11 heteroatoms. The Morgan fingerprint density at radius 1 is 1.61 bits per heavy atom. The highest BCUT2D eigenvalue weighted by Crippen LogP contribution is 2.41. The third-order valence-corrected chi connectivity index (χ3v) is 4.12. The van der Waals surface area contributed by atoms with Crippen LogP contribution in [0.1, 0.15) is 33.4 Å². The van der Waals surface area contributed by atoms with Crippen LogP contribution in [0.4, 0.5) is 5.82 Å². The van der Waals surface area contributed by atoms with Gasteiger partial charge in [0, 0.05) is 31.1 Å². The van der Waals surface area contributed by atoms with Crippen LogP contribution in [0.15, 0.2) is 27.2 Å². The maximum atomic E-state index is 12.4. The third-order valence-electron chi connectivity index (χ3n) is 4.12. The van der Waals surface area contributed by atoms with E-state index < -0.39 is 23.6 Å².